The fraction of sp³-hybridized carbons (Fsp3) is 0.222. The van der Waals surface area contributed by atoms with E-state index in [1.807, 2.05) is 36.4 Å². The number of rotatable bonds is 5. The summed E-state index contributed by atoms with van der Waals surface area (Å²) in [4.78, 5) is 16.8. The van der Waals surface area contributed by atoms with Crippen LogP contribution in [0, 0.1) is 0 Å². The van der Waals surface area contributed by atoms with Crippen molar-refractivity contribution in [2.75, 3.05) is 14.2 Å². The average Bonchev–Trinajstić information content (AvgIpc) is 2.61. The first-order valence-electron chi connectivity index (χ1n) is 7.38. The van der Waals surface area contributed by atoms with Gasteiger partial charge in [0.2, 0.25) is 0 Å². The van der Waals surface area contributed by atoms with E-state index in [0.29, 0.717) is 29.9 Å². The van der Waals surface area contributed by atoms with Gasteiger partial charge in [0.05, 0.1) is 31.4 Å². The smallest absolute Gasteiger partial charge is 0.261 e. The largest absolute Gasteiger partial charge is 0.493 e. The highest BCUT2D eigenvalue weighted by Gasteiger charge is 2.06. The van der Waals surface area contributed by atoms with Crippen LogP contribution >= 0.6 is 0 Å². The highest BCUT2D eigenvalue weighted by Crippen LogP contribution is 2.27. The zero-order chi connectivity index (χ0) is 16.2. The lowest BCUT2D eigenvalue weighted by Crippen LogP contribution is -2.21. The van der Waals surface area contributed by atoms with Crippen LogP contribution in [0.15, 0.2) is 53.6 Å². The third-order valence-corrected chi connectivity index (χ3v) is 3.82. The molecule has 0 aliphatic heterocycles. The molecule has 2 aromatic carbocycles. The average molecular weight is 310 g/mol. The Bertz CT molecular complexity index is 887. The van der Waals surface area contributed by atoms with E-state index in [2.05, 4.69) is 4.98 Å². The zero-order valence-corrected chi connectivity index (χ0v) is 13.2. The second-order valence-electron chi connectivity index (χ2n) is 5.20. The van der Waals surface area contributed by atoms with Crippen molar-refractivity contribution in [3.63, 3.8) is 0 Å². The van der Waals surface area contributed by atoms with Gasteiger partial charge in [-0.3, -0.25) is 9.36 Å². The predicted molar refractivity (Wildman–Crippen MR) is 89.3 cm³/mol. The number of hydrogen-bond acceptors (Lipinski definition) is 4. The van der Waals surface area contributed by atoms with E-state index in [-0.39, 0.29) is 5.56 Å². The zero-order valence-electron chi connectivity index (χ0n) is 13.2. The van der Waals surface area contributed by atoms with E-state index in [0.717, 1.165) is 11.1 Å². The van der Waals surface area contributed by atoms with Gasteiger partial charge in [-0.25, -0.2) is 4.98 Å². The Morgan fingerprint density at radius 2 is 1.83 bits per heavy atom. The standard InChI is InChI=1S/C18H18N2O3/c1-22-16-8-7-13(11-17(16)23-2)9-10-20-12-19-15-6-4-3-5-14(15)18(20)21/h3-8,11-12H,9-10H2,1-2H3. The number of methoxy groups -OCH3 is 2. The van der Waals surface area contributed by atoms with Crippen molar-refractivity contribution in [1.82, 2.24) is 9.55 Å². The lowest BCUT2D eigenvalue weighted by Gasteiger charge is -2.10. The van der Waals surface area contributed by atoms with Gasteiger partial charge in [-0.05, 0) is 36.2 Å². The molecule has 5 heteroatoms. The van der Waals surface area contributed by atoms with Gasteiger partial charge in [-0.1, -0.05) is 18.2 Å². The van der Waals surface area contributed by atoms with Crippen LogP contribution in [0.3, 0.4) is 0 Å². The minimum absolute atomic E-state index is 0.0175. The lowest BCUT2D eigenvalue weighted by molar-refractivity contribution is 0.354. The Kier molecular flexibility index (Phi) is 4.28. The van der Waals surface area contributed by atoms with Gasteiger partial charge in [0.15, 0.2) is 11.5 Å². The molecule has 0 aliphatic rings. The Hall–Kier alpha value is -2.82. The fourth-order valence-electron chi connectivity index (χ4n) is 2.55. The topological polar surface area (TPSA) is 53.4 Å². The number of nitrogens with zero attached hydrogens (tertiary/aromatic N) is 2. The molecule has 0 spiro atoms. The van der Waals surface area contributed by atoms with Crippen LogP contribution in [-0.2, 0) is 13.0 Å². The predicted octanol–water partition coefficient (Wildman–Crippen LogP) is 2.66. The van der Waals surface area contributed by atoms with Crippen LogP contribution in [0.1, 0.15) is 5.56 Å². The minimum Gasteiger partial charge on any atom is -0.493 e. The molecule has 0 fully saturated rings. The van der Waals surface area contributed by atoms with Gasteiger partial charge in [0.1, 0.15) is 0 Å². The summed E-state index contributed by atoms with van der Waals surface area (Å²) in [5.74, 6) is 1.38. The van der Waals surface area contributed by atoms with Crippen molar-refractivity contribution < 1.29 is 9.47 Å². The van der Waals surface area contributed by atoms with Crippen molar-refractivity contribution in [1.29, 1.82) is 0 Å². The van der Waals surface area contributed by atoms with E-state index in [1.165, 1.54) is 0 Å². The van der Waals surface area contributed by atoms with E-state index in [9.17, 15) is 4.79 Å². The van der Waals surface area contributed by atoms with E-state index < -0.39 is 0 Å². The monoisotopic (exact) mass is 310 g/mol. The minimum atomic E-state index is -0.0175. The van der Waals surface area contributed by atoms with Gasteiger partial charge in [-0.2, -0.15) is 0 Å². The van der Waals surface area contributed by atoms with Crippen LogP contribution in [0.2, 0.25) is 0 Å². The molecule has 3 aromatic rings. The molecule has 118 valence electrons. The van der Waals surface area contributed by atoms with Crippen molar-refractivity contribution in [3.05, 3.63) is 64.7 Å². The second-order valence-corrected chi connectivity index (χ2v) is 5.20. The Morgan fingerprint density at radius 3 is 2.61 bits per heavy atom. The Morgan fingerprint density at radius 1 is 1.04 bits per heavy atom. The number of aryl methyl sites for hydroxylation is 2. The summed E-state index contributed by atoms with van der Waals surface area (Å²) in [5.41, 5.74) is 1.78. The maximum Gasteiger partial charge on any atom is 0.261 e. The Labute approximate surface area is 134 Å². The molecule has 1 heterocycles. The highest BCUT2D eigenvalue weighted by atomic mass is 16.5. The molecule has 5 nitrogen and oxygen atoms in total. The third-order valence-electron chi connectivity index (χ3n) is 3.82. The van der Waals surface area contributed by atoms with Crippen LogP contribution in [0.5, 0.6) is 11.5 Å². The molecule has 0 saturated heterocycles. The van der Waals surface area contributed by atoms with E-state index in [1.54, 1.807) is 31.2 Å². The second kappa shape index (κ2) is 6.52. The molecule has 0 amide bonds. The Balaban J connectivity index is 1.83. The van der Waals surface area contributed by atoms with Crippen LogP contribution in [-0.4, -0.2) is 23.8 Å². The summed E-state index contributed by atoms with van der Waals surface area (Å²) in [5, 5.41) is 0.641. The maximum absolute atomic E-state index is 12.5. The summed E-state index contributed by atoms with van der Waals surface area (Å²) < 4.78 is 12.2. The molecule has 0 unspecified atom stereocenters. The van der Waals surface area contributed by atoms with Crippen molar-refractivity contribution in [2.45, 2.75) is 13.0 Å². The van der Waals surface area contributed by atoms with Crippen molar-refractivity contribution in [2.24, 2.45) is 0 Å². The van der Waals surface area contributed by atoms with E-state index in [4.69, 9.17) is 9.47 Å². The van der Waals surface area contributed by atoms with Crippen LogP contribution < -0.4 is 15.0 Å². The van der Waals surface area contributed by atoms with E-state index >= 15 is 0 Å². The van der Waals surface area contributed by atoms with Gasteiger partial charge in [-0.15, -0.1) is 0 Å². The number of ether oxygens (including phenoxy) is 2. The molecule has 3 rings (SSSR count). The molecule has 0 saturated carbocycles. The molecule has 0 atom stereocenters. The normalized spacial score (nSPS) is 10.7. The van der Waals surface area contributed by atoms with Crippen LogP contribution in [0.25, 0.3) is 10.9 Å². The maximum atomic E-state index is 12.5. The highest BCUT2D eigenvalue weighted by molar-refractivity contribution is 5.76. The summed E-state index contributed by atoms with van der Waals surface area (Å²) in [6.45, 7) is 0.562. The third kappa shape index (κ3) is 3.04. The van der Waals surface area contributed by atoms with Gasteiger partial charge >= 0.3 is 0 Å². The summed E-state index contributed by atoms with van der Waals surface area (Å²) >= 11 is 0. The number of benzene rings is 2. The first-order valence-corrected chi connectivity index (χ1v) is 7.38. The number of fused-ring (bicyclic) bond motifs is 1. The summed E-state index contributed by atoms with van der Waals surface area (Å²) in [6, 6.07) is 13.1. The molecular weight excluding hydrogens is 292 g/mol. The van der Waals surface area contributed by atoms with Gasteiger partial charge in [0.25, 0.3) is 5.56 Å². The quantitative estimate of drug-likeness (QED) is 0.727. The number of para-hydroxylation sites is 1. The van der Waals surface area contributed by atoms with Gasteiger partial charge in [0, 0.05) is 6.54 Å². The first kappa shape index (κ1) is 15.1. The molecule has 0 radical (unpaired) electrons. The SMILES string of the molecule is COc1ccc(CCn2cnc3ccccc3c2=O)cc1OC. The van der Waals surface area contributed by atoms with Crippen LogP contribution in [0.4, 0.5) is 0 Å². The molecule has 0 bridgehead atoms. The summed E-state index contributed by atoms with van der Waals surface area (Å²) in [6.07, 6.45) is 2.31. The van der Waals surface area contributed by atoms with Crippen molar-refractivity contribution in [3.8, 4) is 11.5 Å². The first-order chi connectivity index (χ1) is 11.2. The lowest BCUT2D eigenvalue weighted by atomic mass is 10.1. The number of hydrogen-bond donors (Lipinski definition) is 0. The molecule has 0 aliphatic carbocycles. The fourth-order valence-corrected chi connectivity index (χ4v) is 2.55. The molecular formula is C18H18N2O3. The molecule has 0 N–H and O–H groups in total. The molecule has 23 heavy (non-hydrogen) atoms. The van der Waals surface area contributed by atoms with Crippen molar-refractivity contribution >= 4 is 10.9 Å². The molecule has 1 aromatic heterocycles. The number of aromatic nitrogens is 2. The van der Waals surface area contributed by atoms with Gasteiger partial charge < -0.3 is 9.47 Å². The summed E-state index contributed by atoms with van der Waals surface area (Å²) in [7, 11) is 3.22.